The van der Waals surface area contributed by atoms with E-state index in [2.05, 4.69) is 32.9 Å². The highest BCUT2D eigenvalue weighted by atomic mass is 35.5. The summed E-state index contributed by atoms with van der Waals surface area (Å²) in [5.41, 5.74) is 7.01. The van der Waals surface area contributed by atoms with Crippen LogP contribution >= 0.6 is 11.6 Å². The highest BCUT2D eigenvalue weighted by Gasteiger charge is 2.00. The maximum atomic E-state index is 5.51. The van der Waals surface area contributed by atoms with Crippen molar-refractivity contribution in [2.45, 2.75) is 27.2 Å². The van der Waals surface area contributed by atoms with Crippen LogP contribution in [0.4, 0.5) is 0 Å². The van der Waals surface area contributed by atoms with Crippen LogP contribution in [-0.2, 0) is 6.42 Å². The number of benzene rings is 1. The molecule has 0 radical (unpaired) electrons. The molecule has 0 aliphatic heterocycles. The SMILES string of the molecule is Cc1cc(C)c(C/C=C/Cl)c(C)c1. The van der Waals surface area contributed by atoms with Crippen LogP contribution in [0.2, 0.25) is 0 Å². The van der Waals surface area contributed by atoms with Gasteiger partial charge in [0.25, 0.3) is 0 Å². The zero-order valence-electron chi connectivity index (χ0n) is 8.39. The highest BCUT2D eigenvalue weighted by Crippen LogP contribution is 2.17. The van der Waals surface area contributed by atoms with Gasteiger partial charge >= 0.3 is 0 Å². The van der Waals surface area contributed by atoms with E-state index in [0.717, 1.165) is 6.42 Å². The lowest BCUT2D eigenvalue weighted by molar-refractivity contribution is 1.15. The van der Waals surface area contributed by atoms with Gasteiger partial charge < -0.3 is 0 Å². The zero-order valence-corrected chi connectivity index (χ0v) is 9.15. The fourth-order valence-electron chi connectivity index (χ4n) is 1.69. The van der Waals surface area contributed by atoms with Gasteiger partial charge in [-0.2, -0.15) is 0 Å². The third-order valence-corrected chi connectivity index (χ3v) is 2.43. The molecule has 0 N–H and O–H groups in total. The van der Waals surface area contributed by atoms with Gasteiger partial charge in [0.15, 0.2) is 0 Å². The molecule has 1 heteroatoms. The molecule has 0 aliphatic carbocycles. The fourth-order valence-corrected chi connectivity index (χ4v) is 1.78. The van der Waals surface area contributed by atoms with Crippen LogP contribution in [0.1, 0.15) is 22.3 Å². The van der Waals surface area contributed by atoms with Gasteiger partial charge in [-0.15, -0.1) is 0 Å². The minimum atomic E-state index is 0.932. The summed E-state index contributed by atoms with van der Waals surface area (Å²) in [5.74, 6) is 0. The van der Waals surface area contributed by atoms with E-state index in [1.807, 2.05) is 6.08 Å². The maximum absolute atomic E-state index is 5.51. The van der Waals surface area contributed by atoms with Crippen LogP contribution in [0.5, 0.6) is 0 Å². The monoisotopic (exact) mass is 194 g/mol. The van der Waals surface area contributed by atoms with Crippen molar-refractivity contribution in [2.24, 2.45) is 0 Å². The van der Waals surface area contributed by atoms with Crippen molar-refractivity contribution in [3.05, 3.63) is 46.0 Å². The molecule has 0 bridgehead atoms. The molecule has 1 aromatic carbocycles. The van der Waals surface area contributed by atoms with Crippen molar-refractivity contribution in [3.8, 4) is 0 Å². The molecule has 0 heterocycles. The van der Waals surface area contributed by atoms with Crippen molar-refractivity contribution < 1.29 is 0 Å². The van der Waals surface area contributed by atoms with E-state index < -0.39 is 0 Å². The first-order valence-corrected chi connectivity index (χ1v) is 4.90. The summed E-state index contributed by atoms with van der Waals surface area (Å²) in [6.45, 7) is 6.43. The lowest BCUT2D eigenvalue weighted by Gasteiger charge is -2.08. The first-order valence-electron chi connectivity index (χ1n) is 4.47. The Labute approximate surface area is 85.2 Å². The lowest BCUT2D eigenvalue weighted by Crippen LogP contribution is -1.92. The Hall–Kier alpha value is -0.750. The minimum absolute atomic E-state index is 0.932. The predicted molar refractivity (Wildman–Crippen MR) is 59.4 cm³/mol. The Balaban J connectivity index is 3.05. The quantitative estimate of drug-likeness (QED) is 0.670. The molecule has 13 heavy (non-hydrogen) atoms. The Kier molecular flexibility index (Phi) is 3.56. The Morgan fingerprint density at radius 2 is 1.69 bits per heavy atom. The summed E-state index contributed by atoms with van der Waals surface area (Å²) in [6, 6.07) is 4.43. The van der Waals surface area contributed by atoms with Crippen LogP contribution in [0.25, 0.3) is 0 Å². The van der Waals surface area contributed by atoms with Crippen molar-refractivity contribution in [1.29, 1.82) is 0 Å². The van der Waals surface area contributed by atoms with Gasteiger partial charge in [0.2, 0.25) is 0 Å². The first kappa shape index (κ1) is 10.3. The second kappa shape index (κ2) is 4.48. The van der Waals surface area contributed by atoms with E-state index in [4.69, 9.17) is 11.6 Å². The van der Waals surface area contributed by atoms with Crippen LogP contribution in [0.3, 0.4) is 0 Å². The molecule has 0 aliphatic rings. The molecule has 0 atom stereocenters. The summed E-state index contributed by atoms with van der Waals surface area (Å²) >= 11 is 5.51. The van der Waals surface area contributed by atoms with Crippen molar-refractivity contribution in [3.63, 3.8) is 0 Å². The molecule has 1 rings (SSSR count). The molecule has 0 saturated heterocycles. The van der Waals surface area contributed by atoms with Gasteiger partial charge in [0.1, 0.15) is 0 Å². The van der Waals surface area contributed by atoms with Crippen LogP contribution in [0, 0.1) is 20.8 Å². The smallest absolute Gasteiger partial charge is 0.000580 e. The van der Waals surface area contributed by atoms with E-state index in [1.165, 1.54) is 22.3 Å². The molecular formula is C12H15Cl. The van der Waals surface area contributed by atoms with E-state index in [1.54, 1.807) is 5.54 Å². The molecule has 0 fully saturated rings. The number of allylic oxidation sites excluding steroid dienone is 1. The van der Waals surface area contributed by atoms with Gasteiger partial charge in [-0.3, -0.25) is 0 Å². The number of hydrogen-bond donors (Lipinski definition) is 0. The number of rotatable bonds is 2. The van der Waals surface area contributed by atoms with Gasteiger partial charge in [-0.1, -0.05) is 35.4 Å². The van der Waals surface area contributed by atoms with Crippen molar-refractivity contribution in [1.82, 2.24) is 0 Å². The largest absolute Gasteiger partial charge is 0.0933 e. The van der Waals surface area contributed by atoms with Gasteiger partial charge in [-0.05, 0) is 43.9 Å². The van der Waals surface area contributed by atoms with Gasteiger partial charge in [0.05, 0.1) is 0 Å². The maximum Gasteiger partial charge on any atom is 0.000580 e. The molecule has 0 amide bonds. The number of hydrogen-bond acceptors (Lipinski definition) is 0. The molecule has 0 unspecified atom stereocenters. The average Bonchev–Trinajstić information content (AvgIpc) is 2.02. The van der Waals surface area contributed by atoms with E-state index in [9.17, 15) is 0 Å². The van der Waals surface area contributed by atoms with Gasteiger partial charge in [-0.25, -0.2) is 0 Å². The molecule has 0 aromatic heterocycles. The Bertz CT molecular complexity index is 301. The second-order valence-corrected chi connectivity index (χ2v) is 3.70. The van der Waals surface area contributed by atoms with E-state index >= 15 is 0 Å². The normalized spacial score (nSPS) is 11.1. The van der Waals surface area contributed by atoms with Crippen molar-refractivity contribution in [2.75, 3.05) is 0 Å². The molecule has 1 aromatic rings. The second-order valence-electron chi connectivity index (χ2n) is 3.44. The summed E-state index contributed by atoms with van der Waals surface area (Å²) in [5, 5.41) is 0. The van der Waals surface area contributed by atoms with Crippen molar-refractivity contribution >= 4 is 11.6 Å². The summed E-state index contributed by atoms with van der Waals surface area (Å²) in [7, 11) is 0. The Morgan fingerprint density at radius 1 is 1.15 bits per heavy atom. The molecular weight excluding hydrogens is 180 g/mol. The van der Waals surface area contributed by atoms with Crippen LogP contribution < -0.4 is 0 Å². The minimum Gasteiger partial charge on any atom is -0.0933 e. The molecule has 0 nitrogen and oxygen atoms in total. The Morgan fingerprint density at radius 3 is 2.15 bits per heavy atom. The number of aryl methyl sites for hydroxylation is 3. The van der Waals surface area contributed by atoms with E-state index in [0.29, 0.717) is 0 Å². The summed E-state index contributed by atoms with van der Waals surface area (Å²) in [6.07, 6.45) is 2.91. The summed E-state index contributed by atoms with van der Waals surface area (Å²) in [4.78, 5) is 0. The standard InChI is InChI=1S/C12H15Cl/c1-9-7-10(2)12(5-4-6-13)11(3)8-9/h4,6-8H,5H2,1-3H3/b6-4+. The van der Waals surface area contributed by atoms with Crippen LogP contribution in [0.15, 0.2) is 23.7 Å². The molecule has 70 valence electrons. The fraction of sp³-hybridized carbons (Fsp3) is 0.333. The average molecular weight is 195 g/mol. The lowest BCUT2D eigenvalue weighted by atomic mass is 9.97. The van der Waals surface area contributed by atoms with E-state index in [-0.39, 0.29) is 0 Å². The molecule has 0 spiro atoms. The summed E-state index contributed by atoms with van der Waals surface area (Å²) < 4.78 is 0. The third-order valence-electron chi connectivity index (χ3n) is 2.25. The predicted octanol–water partition coefficient (Wildman–Crippen LogP) is 3.91. The number of halogens is 1. The third kappa shape index (κ3) is 2.60. The van der Waals surface area contributed by atoms with Gasteiger partial charge in [0, 0.05) is 5.54 Å². The first-order chi connectivity index (χ1) is 6.15. The highest BCUT2D eigenvalue weighted by molar-refractivity contribution is 6.25. The topological polar surface area (TPSA) is 0 Å². The zero-order chi connectivity index (χ0) is 9.84. The van der Waals surface area contributed by atoms with Crippen LogP contribution in [-0.4, -0.2) is 0 Å². The molecule has 0 saturated carbocycles.